The molecule has 0 saturated heterocycles. The van der Waals surface area contributed by atoms with Crippen molar-refractivity contribution in [3.05, 3.63) is 59.9 Å². The number of nitrogens with zero attached hydrogens (tertiary/aromatic N) is 2. The SMILES string of the molecule is CS(=O)(=O)N1CCC(NC(=O)c2ccccn2)c2ccccc21. The van der Waals surface area contributed by atoms with Crippen LogP contribution in [0.2, 0.25) is 0 Å². The highest BCUT2D eigenvalue weighted by Crippen LogP contribution is 2.35. The Morgan fingerprint density at radius 2 is 1.96 bits per heavy atom. The van der Waals surface area contributed by atoms with Gasteiger partial charge in [0.25, 0.3) is 5.91 Å². The molecule has 0 spiro atoms. The van der Waals surface area contributed by atoms with E-state index in [0.29, 0.717) is 24.3 Å². The molecule has 0 saturated carbocycles. The lowest BCUT2D eigenvalue weighted by molar-refractivity contribution is 0.0929. The van der Waals surface area contributed by atoms with Crippen LogP contribution < -0.4 is 9.62 Å². The van der Waals surface area contributed by atoms with E-state index in [2.05, 4.69) is 10.3 Å². The summed E-state index contributed by atoms with van der Waals surface area (Å²) in [5.74, 6) is -0.266. The van der Waals surface area contributed by atoms with Gasteiger partial charge in [-0.2, -0.15) is 0 Å². The zero-order chi connectivity index (χ0) is 16.4. The summed E-state index contributed by atoms with van der Waals surface area (Å²) >= 11 is 0. The number of nitrogens with one attached hydrogen (secondary N) is 1. The molecule has 6 nitrogen and oxygen atoms in total. The van der Waals surface area contributed by atoms with Crippen molar-refractivity contribution in [3.8, 4) is 0 Å². The molecule has 1 atom stereocenters. The largest absolute Gasteiger partial charge is 0.344 e. The Kier molecular flexibility index (Phi) is 4.04. The number of fused-ring (bicyclic) bond motifs is 1. The quantitative estimate of drug-likeness (QED) is 0.929. The summed E-state index contributed by atoms with van der Waals surface area (Å²) in [4.78, 5) is 16.3. The van der Waals surface area contributed by atoms with Gasteiger partial charge in [-0.25, -0.2) is 8.42 Å². The topological polar surface area (TPSA) is 79.4 Å². The minimum atomic E-state index is -3.34. The summed E-state index contributed by atoms with van der Waals surface area (Å²) in [6, 6.07) is 12.1. The number of aromatic nitrogens is 1. The van der Waals surface area contributed by atoms with Crippen molar-refractivity contribution in [3.63, 3.8) is 0 Å². The zero-order valence-electron chi connectivity index (χ0n) is 12.6. The third-order valence-corrected chi connectivity index (χ3v) is 4.98. The summed E-state index contributed by atoms with van der Waals surface area (Å²) in [6.07, 6.45) is 3.27. The van der Waals surface area contributed by atoms with Gasteiger partial charge in [0.15, 0.2) is 0 Å². The van der Waals surface area contributed by atoms with Crippen LogP contribution in [-0.2, 0) is 10.0 Å². The van der Waals surface area contributed by atoms with Crippen molar-refractivity contribution in [1.29, 1.82) is 0 Å². The van der Waals surface area contributed by atoms with E-state index in [1.807, 2.05) is 12.1 Å². The maximum absolute atomic E-state index is 12.3. The third-order valence-electron chi connectivity index (χ3n) is 3.80. The van der Waals surface area contributed by atoms with Gasteiger partial charge in [0.1, 0.15) is 5.69 Å². The maximum Gasteiger partial charge on any atom is 0.270 e. The molecule has 7 heteroatoms. The number of anilines is 1. The van der Waals surface area contributed by atoms with Crippen LogP contribution in [0.25, 0.3) is 0 Å². The lowest BCUT2D eigenvalue weighted by Gasteiger charge is -2.34. The molecule has 3 rings (SSSR count). The van der Waals surface area contributed by atoms with E-state index in [9.17, 15) is 13.2 Å². The second kappa shape index (κ2) is 6.00. The first kappa shape index (κ1) is 15.5. The van der Waals surface area contributed by atoms with Gasteiger partial charge in [-0.05, 0) is 30.2 Å². The molecular weight excluding hydrogens is 314 g/mol. The molecule has 0 bridgehead atoms. The molecule has 0 radical (unpaired) electrons. The van der Waals surface area contributed by atoms with Crippen LogP contribution >= 0.6 is 0 Å². The van der Waals surface area contributed by atoms with E-state index >= 15 is 0 Å². The summed E-state index contributed by atoms with van der Waals surface area (Å²) in [6.45, 7) is 0.336. The fourth-order valence-electron chi connectivity index (χ4n) is 2.76. The Morgan fingerprint density at radius 1 is 1.22 bits per heavy atom. The van der Waals surface area contributed by atoms with Crippen LogP contribution in [0.1, 0.15) is 28.5 Å². The summed E-state index contributed by atoms with van der Waals surface area (Å²) < 4.78 is 25.2. The normalized spacial score (nSPS) is 17.4. The van der Waals surface area contributed by atoms with E-state index in [1.54, 1.807) is 36.5 Å². The number of sulfonamides is 1. The highest BCUT2D eigenvalue weighted by atomic mass is 32.2. The average molecular weight is 331 g/mol. The van der Waals surface area contributed by atoms with Gasteiger partial charge >= 0.3 is 0 Å². The smallest absolute Gasteiger partial charge is 0.270 e. The van der Waals surface area contributed by atoms with E-state index in [4.69, 9.17) is 0 Å². The van der Waals surface area contributed by atoms with Gasteiger partial charge in [-0.15, -0.1) is 0 Å². The number of carbonyl (C=O) groups is 1. The third kappa shape index (κ3) is 3.19. The van der Waals surface area contributed by atoms with Crippen LogP contribution in [-0.4, -0.2) is 32.1 Å². The predicted octanol–water partition coefficient (Wildman–Crippen LogP) is 1.72. The van der Waals surface area contributed by atoms with Crippen molar-refractivity contribution in [1.82, 2.24) is 10.3 Å². The first-order valence-electron chi connectivity index (χ1n) is 7.25. The fraction of sp³-hybridized carbons (Fsp3) is 0.250. The van der Waals surface area contributed by atoms with Crippen LogP contribution in [0, 0.1) is 0 Å². The number of amides is 1. The Balaban J connectivity index is 1.89. The minimum Gasteiger partial charge on any atom is -0.344 e. The molecule has 0 aliphatic carbocycles. The number of para-hydroxylation sites is 1. The van der Waals surface area contributed by atoms with Gasteiger partial charge in [0.2, 0.25) is 10.0 Å². The van der Waals surface area contributed by atoms with Gasteiger partial charge < -0.3 is 5.32 Å². The Morgan fingerprint density at radius 3 is 2.65 bits per heavy atom. The summed E-state index contributed by atoms with van der Waals surface area (Å²) in [5, 5.41) is 2.94. The maximum atomic E-state index is 12.3. The van der Waals surface area contributed by atoms with Gasteiger partial charge in [-0.3, -0.25) is 14.1 Å². The van der Waals surface area contributed by atoms with E-state index in [-0.39, 0.29) is 11.9 Å². The van der Waals surface area contributed by atoms with Crippen LogP contribution in [0.15, 0.2) is 48.7 Å². The average Bonchev–Trinajstić information content (AvgIpc) is 2.55. The highest BCUT2D eigenvalue weighted by Gasteiger charge is 2.30. The lowest BCUT2D eigenvalue weighted by atomic mass is 9.98. The molecule has 1 aliphatic heterocycles. The molecule has 1 unspecified atom stereocenters. The molecule has 2 heterocycles. The van der Waals surface area contributed by atoms with E-state index in [0.717, 1.165) is 5.56 Å². The molecule has 120 valence electrons. The Bertz CT molecular complexity index is 821. The minimum absolute atomic E-state index is 0.237. The van der Waals surface area contributed by atoms with Crippen molar-refractivity contribution >= 4 is 21.6 Å². The number of hydrogen-bond donors (Lipinski definition) is 1. The van der Waals surface area contributed by atoms with Gasteiger partial charge in [0, 0.05) is 12.7 Å². The number of rotatable bonds is 3. The first-order chi connectivity index (χ1) is 11.0. The number of pyridine rings is 1. The molecule has 0 fully saturated rings. The molecular formula is C16H17N3O3S. The molecule has 23 heavy (non-hydrogen) atoms. The van der Waals surface area contributed by atoms with Crippen molar-refractivity contribution in [2.75, 3.05) is 17.1 Å². The van der Waals surface area contributed by atoms with E-state index in [1.165, 1.54) is 10.6 Å². The second-order valence-corrected chi connectivity index (χ2v) is 7.33. The molecule has 1 amide bonds. The predicted molar refractivity (Wildman–Crippen MR) is 87.7 cm³/mol. The molecule has 1 N–H and O–H groups in total. The number of benzene rings is 1. The summed E-state index contributed by atoms with van der Waals surface area (Å²) in [5.41, 5.74) is 1.76. The Labute approximate surface area is 135 Å². The number of hydrogen-bond acceptors (Lipinski definition) is 4. The molecule has 1 aliphatic rings. The first-order valence-corrected chi connectivity index (χ1v) is 9.10. The second-order valence-electron chi connectivity index (χ2n) is 5.42. The van der Waals surface area contributed by atoms with Crippen molar-refractivity contribution in [2.45, 2.75) is 12.5 Å². The van der Waals surface area contributed by atoms with Crippen LogP contribution in [0.3, 0.4) is 0 Å². The summed E-state index contributed by atoms with van der Waals surface area (Å²) in [7, 11) is -3.34. The molecule has 2 aromatic rings. The Hall–Kier alpha value is -2.41. The standard InChI is InChI=1S/C16H17N3O3S/c1-23(21,22)19-11-9-13(12-6-2-3-8-15(12)19)18-16(20)14-7-4-5-10-17-14/h2-8,10,13H,9,11H2,1H3,(H,18,20). The van der Waals surface area contributed by atoms with Crippen molar-refractivity contribution < 1.29 is 13.2 Å². The van der Waals surface area contributed by atoms with Crippen molar-refractivity contribution in [2.24, 2.45) is 0 Å². The van der Waals surface area contributed by atoms with Crippen LogP contribution in [0.4, 0.5) is 5.69 Å². The lowest BCUT2D eigenvalue weighted by Crippen LogP contribution is -2.40. The zero-order valence-corrected chi connectivity index (χ0v) is 13.5. The highest BCUT2D eigenvalue weighted by molar-refractivity contribution is 7.92. The van der Waals surface area contributed by atoms with Gasteiger partial charge in [0.05, 0.1) is 18.0 Å². The number of carbonyl (C=O) groups excluding carboxylic acids is 1. The molecule has 1 aromatic carbocycles. The van der Waals surface area contributed by atoms with Gasteiger partial charge in [-0.1, -0.05) is 24.3 Å². The van der Waals surface area contributed by atoms with E-state index < -0.39 is 10.0 Å². The molecule has 1 aromatic heterocycles. The monoisotopic (exact) mass is 331 g/mol. The van der Waals surface area contributed by atoms with Crippen LogP contribution in [0.5, 0.6) is 0 Å². The fourth-order valence-corrected chi connectivity index (χ4v) is 3.72.